The Labute approximate surface area is 96.9 Å². The van der Waals surface area contributed by atoms with E-state index in [1.54, 1.807) is 6.20 Å². The summed E-state index contributed by atoms with van der Waals surface area (Å²) in [5.41, 5.74) is 0.907. The van der Waals surface area contributed by atoms with Crippen molar-refractivity contribution in [2.45, 2.75) is 38.8 Å². The second kappa shape index (κ2) is 5.46. The first-order valence-corrected chi connectivity index (χ1v) is 6.15. The highest BCUT2D eigenvalue weighted by Gasteiger charge is 2.15. The summed E-state index contributed by atoms with van der Waals surface area (Å²) in [6.07, 6.45) is 7.58. The van der Waals surface area contributed by atoms with Crippen LogP contribution in [0.1, 0.15) is 37.9 Å². The van der Waals surface area contributed by atoms with Gasteiger partial charge in [-0.15, -0.1) is 0 Å². The third-order valence-corrected chi connectivity index (χ3v) is 3.35. The highest BCUT2D eigenvalue weighted by atomic mass is 16.3. The fraction of sp³-hybridized carbons (Fsp3) is 0.750. The van der Waals surface area contributed by atoms with Crippen molar-refractivity contribution in [3.63, 3.8) is 0 Å². The van der Waals surface area contributed by atoms with Crippen molar-refractivity contribution >= 4 is 0 Å². The van der Waals surface area contributed by atoms with E-state index in [1.807, 2.05) is 6.33 Å². The van der Waals surface area contributed by atoms with Crippen LogP contribution in [0, 0.1) is 0 Å². The van der Waals surface area contributed by atoms with E-state index in [2.05, 4.69) is 21.4 Å². The van der Waals surface area contributed by atoms with Crippen LogP contribution in [-0.4, -0.2) is 39.2 Å². The first kappa shape index (κ1) is 11.6. The zero-order chi connectivity index (χ0) is 11.4. The number of imidazole rings is 1. The van der Waals surface area contributed by atoms with Gasteiger partial charge < -0.3 is 14.6 Å². The molecular weight excluding hydrogens is 202 g/mol. The quantitative estimate of drug-likeness (QED) is 0.839. The average molecular weight is 223 g/mol. The Morgan fingerprint density at radius 3 is 2.81 bits per heavy atom. The predicted molar refractivity (Wildman–Crippen MR) is 63.2 cm³/mol. The normalized spacial score (nSPS) is 19.9. The summed E-state index contributed by atoms with van der Waals surface area (Å²) in [6.45, 7) is 5.75. The molecule has 0 saturated carbocycles. The van der Waals surface area contributed by atoms with Crippen molar-refractivity contribution in [1.82, 2.24) is 14.5 Å². The van der Waals surface area contributed by atoms with Crippen molar-refractivity contribution in [1.29, 1.82) is 0 Å². The third kappa shape index (κ3) is 2.62. The number of piperidine rings is 1. The lowest BCUT2D eigenvalue weighted by Crippen LogP contribution is -2.34. The molecule has 0 aliphatic carbocycles. The van der Waals surface area contributed by atoms with Gasteiger partial charge in [0.2, 0.25) is 0 Å². The summed E-state index contributed by atoms with van der Waals surface area (Å²) in [5, 5.41) is 9.19. The SMILES string of the molecule is CC(CN1CCCCC1)n1cncc1CO. The number of aromatic nitrogens is 2. The minimum absolute atomic E-state index is 0.0737. The number of likely N-dealkylation sites (tertiary alicyclic amines) is 1. The molecule has 0 aromatic carbocycles. The summed E-state index contributed by atoms with van der Waals surface area (Å²) < 4.78 is 2.08. The summed E-state index contributed by atoms with van der Waals surface area (Å²) in [4.78, 5) is 6.60. The molecule has 1 aliphatic heterocycles. The predicted octanol–water partition coefficient (Wildman–Crippen LogP) is 1.42. The number of hydrogen-bond donors (Lipinski definition) is 1. The van der Waals surface area contributed by atoms with Gasteiger partial charge in [0, 0.05) is 12.6 Å². The number of nitrogens with zero attached hydrogens (tertiary/aromatic N) is 3. The molecule has 90 valence electrons. The zero-order valence-electron chi connectivity index (χ0n) is 9.97. The summed E-state index contributed by atoms with van der Waals surface area (Å²) in [5.74, 6) is 0. The zero-order valence-corrected chi connectivity index (χ0v) is 9.97. The molecule has 1 atom stereocenters. The fourth-order valence-corrected chi connectivity index (χ4v) is 2.45. The molecule has 16 heavy (non-hydrogen) atoms. The van der Waals surface area contributed by atoms with Crippen molar-refractivity contribution in [3.05, 3.63) is 18.2 Å². The first-order valence-electron chi connectivity index (χ1n) is 6.15. The Kier molecular flexibility index (Phi) is 3.96. The Balaban J connectivity index is 1.93. The molecule has 0 amide bonds. The van der Waals surface area contributed by atoms with Gasteiger partial charge in [0.05, 0.1) is 24.8 Å². The second-order valence-electron chi connectivity index (χ2n) is 4.66. The van der Waals surface area contributed by atoms with Crippen LogP contribution >= 0.6 is 0 Å². The molecule has 0 spiro atoms. The van der Waals surface area contributed by atoms with E-state index in [9.17, 15) is 5.11 Å². The maximum absolute atomic E-state index is 9.19. The van der Waals surface area contributed by atoms with Crippen molar-refractivity contribution in [2.24, 2.45) is 0 Å². The van der Waals surface area contributed by atoms with Gasteiger partial charge in [0.25, 0.3) is 0 Å². The van der Waals surface area contributed by atoms with Gasteiger partial charge in [-0.05, 0) is 32.9 Å². The van der Waals surface area contributed by atoms with E-state index in [4.69, 9.17) is 0 Å². The molecular formula is C12H21N3O. The Morgan fingerprint density at radius 2 is 2.12 bits per heavy atom. The molecule has 2 heterocycles. The van der Waals surface area contributed by atoms with Gasteiger partial charge in [-0.3, -0.25) is 0 Å². The van der Waals surface area contributed by atoms with E-state index in [0.29, 0.717) is 6.04 Å². The smallest absolute Gasteiger partial charge is 0.0951 e. The number of rotatable bonds is 4. The molecule has 1 aliphatic rings. The lowest BCUT2D eigenvalue weighted by atomic mass is 10.1. The van der Waals surface area contributed by atoms with E-state index in [-0.39, 0.29) is 6.61 Å². The fourth-order valence-electron chi connectivity index (χ4n) is 2.45. The number of hydrogen-bond acceptors (Lipinski definition) is 3. The summed E-state index contributed by atoms with van der Waals surface area (Å²) in [7, 11) is 0. The highest BCUT2D eigenvalue weighted by Crippen LogP contribution is 2.15. The van der Waals surface area contributed by atoms with Gasteiger partial charge in [-0.25, -0.2) is 4.98 Å². The molecule has 1 aromatic rings. The number of aliphatic hydroxyl groups excluding tert-OH is 1. The first-order chi connectivity index (χ1) is 7.81. The highest BCUT2D eigenvalue weighted by molar-refractivity contribution is 4.98. The van der Waals surface area contributed by atoms with Crippen molar-refractivity contribution in [2.75, 3.05) is 19.6 Å². The Morgan fingerprint density at radius 1 is 1.38 bits per heavy atom. The minimum Gasteiger partial charge on any atom is -0.390 e. The molecule has 1 N–H and O–H groups in total. The molecule has 0 radical (unpaired) electrons. The van der Waals surface area contributed by atoms with Crippen LogP contribution < -0.4 is 0 Å². The minimum atomic E-state index is 0.0737. The third-order valence-electron chi connectivity index (χ3n) is 3.35. The monoisotopic (exact) mass is 223 g/mol. The Hall–Kier alpha value is -0.870. The van der Waals surface area contributed by atoms with Crippen LogP contribution in [-0.2, 0) is 6.61 Å². The van der Waals surface area contributed by atoms with E-state index < -0.39 is 0 Å². The van der Waals surface area contributed by atoms with Gasteiger partial charge in [0.1, 0.15) is 0 Å². The van der Waals surface area contributed by atoms with E-state index in [0.717, 1.165) is 12.2 Å². The lowest BCUT2D eigenvalue weighted by molar-refractivity contribution is 0.196. The lowest BCUT2D eigenvalue weighted by Gasteiger charge is -2.29. The van der Waals surface area contributed by atoms with Gasteiger partial charge in [0.15, 0.2) is 0 Å². The summed E-state index contributed by atoms with van der Waals surface area (Å²) in [6, 6.07) is 0.391. The van der Waals surface area contributed by atoms with Crippen LogP contribution in [0.25, 0.3) is 0 Å². The second-order valence-corrected chi connectivity index (χ2v) is 4.66. The largest absolute Gasteiger partial charge is 0.390 e. The molecule has 4 heteroatoms. The van der Waals surface area contributed by atoms with Crippen molar-refractivity contribution in [3.8, 4) is 0 Å². The molecule has 1 fully saturated rings. The van der Waals surface area contributed by atoms with Crippen LogP contribution in [0.15, 0.2) is 12.5 Å². The van der Waals surface area contributed by atoms with Gasteiger partial charge in [-0.1, -0.05) is 6.42 Å². The van der Waals surface area contributed by atoms with Gasteiger partial charge >= 0.3 is 0 Å². The molecule has 2 rings (SSSR count). The van der Waals surface area contributed by atoms with Crippen LogP contribution in [0.4, 0.5) is 0 Å². The van der Waals surface area contributed by atoms with Gasteiger partial charge in [-0.2, -0.15) is 0 Å². The maximum atomic E-state index is 9.19. The average Bonchev–Trinajstić information content (AvgIpc) is 2.78. The number of aliphatic hydroxyl groups is 1. The molecule has 4 nitrogen and oxygen atoms in total. The van der Waals surface area contributed by atoms with Crippen LogP contribution in [0.3, 0.4) is 0 Å². The Bertz CT molecular complexity index is 318. The molecule has 1 saturated heterocycles. The van der Waals surface area contributed by atoms with Crippen LogP contribution in [0.2, 0.25) is 0 Å². The van der Waals surface area contributed by atoms with Crippen LogP contribution in [0.5, 0.6) is 0 Å². The van der Waals surface area contributed by atoms with E-state index >= 15 is 0 Å². The van der Waals surface area contributed by atoms with E-state index in [1.165, 1.54) is 32.4 Å². The maximum Gasteiger partial charge on any atom is 0.0951 e. The standard InChI is InChI=1S/C12H21N3O/c1-11(8-14-5-3-2-4-6-14)15-10-13-7-12(15)9-16/h7,10-11,16H,2-6,8-9H2,1H3. The van der Waals surface area contributed by atoms with Crippen molar-refractivity contribution < 1.29 is 5.11 Å². The molecule has 1 aromatic heterocycles. The molecule has 1 unspecified atom stereocenters. The summed E-state index contributed by atoms with van der Waals surface area (Å²) >= 11 is 0. The topological polar surface area (TPSA) is 41.3 Å². The molecule has 0 bridgehead atoms.